The van der Waals surface area contributed by atoms with E-state index in [4.69, 9.17) is 9.47 Å². The maximum Gasteiger partial charge on any atom is 0.236 e. The number of ether oxygens (including phenoxy) is 2. The molecule has 5 nitrogen and oxygen atoms in total. The van der Waals surface area contributed by atoms with E-state index < -0.39 is 0 Å². The van der Waals surface area contributed by atoms with E-state index in [1.807, 2.05) is 32.9 Å². The van der Waals surface area contributed by atoms with E-state index in [0.29, 0.717) is 37.8 Å². The Bertz CT molecular complexity index is 549. The van der Waals surface area contributed by atoms with Crippen LogP contribution in [0.5, 0.6) is 11.5 Å². The number of hydrogen-bond acceptors (Lipinski definition) is 4. The maximum absolute atomic E-state index is 11.9. The van der Waals surface area contributed by atoms with Gasteiger partial charge in [0.2, 0.25) is 5.91 Å². The first-order valence-electron chi connectivity index (χ1n) is 8.23. The molecule has 0 spiro atoms. The first-order chi connectivity index (χ1) is 11.5. The molecule has 1 atom stereocenters. The average Bonchev–Trinajstić information content (AvgIpc) is 2.57. The zero-order chi connectivity index (χ0) is 17.9. The van der Waals surface area contributed by atoms with Gasteiger partial charge >= 0.3 is 0 Å². The van der Waals surface area contributed by atoms with Crippen molar-refractivity contribution in [1.29, 1.82) is 0 Å². The highest BCUT2D eigenvalue weighted by Gasteiger charge is 2.14. The van der Waals surface area contributed by atoms with E-state index in [1.165, 1.54) is 0 Å². The number of rotatable bonds is 11. The number of nitrogens with one attached hydrogen (secondary N) is 2. The molecular formula is C18H27BrN2O3. The predicted molar refractivity (Wildman–Crippen MR) is 101 cm³/mol. The van der Waals surface area contributed by atoms with Crippen LogP contribution in [0.3, 0.4) is 0 Å². The normalized spacial score (nSPS) is 11.7. The summed E-state index contributed by atoms with van der Waals surface area (Å²) in [5.74, 6) is 1.34. The lowest BCUT2D eigenvalue weighted by atomic mass is 10.2. The topological polar surface area (TPSA) is 59.6 Å². The molecule has 24 heavy (non-hydrogen) atoms. The van der Waals surface area contributed by atoms with E-state index >= 15 is 0 Å². The molecular weight excluding hydrogens is 372 g/mol. The van der Waals surface area contributed by atoms with Crippen molar-refractivity contribution in [3.8, 4) is 11.5 Å². The summed E-state index contributed by atoms with van der Waals surface area (Å²) < 4.78 is 12.1. The lowest BCUT2D eigenvalue weighted by Crippen LogP contribution is -2.42. The molecule has 0 aliphatic heterocycles. The summed E-state index contributed by atoms with van der Waals surface area (Å²) in [7, 11) is 0. The molecule has 1 unspecified atom stereocenters. The highest BCUT2D eigenvalue weighted by molar-refractivity contribution is 9.10. The molecule has 2 N–H and O–H groups in total. The Kier molecular flexibility index (Phi) is 9.49. The van der Waals surface area contributed by atoms with Crippen molar-refractivity contribution in [2.24, 2.45) is 0 Å². The summed E-state index contributed by atoms with van der Waals surface area (Å²) in [6.45, 7) is 11.7. The lowest BCUT2D eigenvalue weighted by molar-refractivity contribution is -0.122. The molecule has 0 aliphatic rings. The van der Waals surface area contributed by atoms with Crippen molar-refractivity contribution in [2.75, 3.05) is 19.8 Å². The summed E-state index contributed by atoms with van der Waals surface area (Å²) in [4.78, 5) is 11.9. The first kappa shape index (κ1) is 20.5. The minimum atomic E-state index is -0.262. The molecule has 0 radical (unpaired) electrons. The highest BCUT2D eigenvalue weighted by Crippen LogP contribution is 2.37. The third-order valence-corrected chi connectivity index (χ3v) is 3.86. The van der Waals surface area contributed by atoms with E-state index in [1.54, 1.807) is 6.08 Å². The fourth-order valence-electron chi connectivity index (χ4n) is 2.03. The molecule has 0 bridgehead atoms. The molecule has 0 fully saturated rings. The van der Waals surface area contributed by atoms with Gasteiger partial charge in [-0.25, -0.2) is 0 Å². The summed E-state index contributed by atoms with van der Waals surface area (Å²) in [5.41, 5.74) is 1.01. The van der Waals surface area contributed by atoms with Gasteiger partial charge in [0.1, 0.15) is 6.61 Å². The van der Waals surface area contributed by atoms with Crippen molar-refractivity contribution >= 4 is 21.8 Å². The Morgan fingerprint density at radius 1 is 1.38 bits per heavy atom. The largest absolute Gasteiger partial charge is 0.490 e. The second kappa shape index (κ2) is 11.1. The molecule has 1 aromatic rings. The lowest BCUT2D eigenvalue weighted by Gasteiger charge is -2.17. The van der Waals surface area contributed by atoms with Crippen LogP contribution in [0.25, 0.3) is 0 Å². The van der Waals surface area contributed by atoms with Gasteiger partial charge in [-0.05, 0) is 53.9 Å². The van der Waals surface area contributed by atoms with Crippen LogP contribution in [0.4, 0.5) is 0 Å². The minimum absolute atomic E-state index is 0.00637. The molecule has 0 aliphatic carbocycles. The summed E-state index contributed by atoms with van der Waals surface area (Å²) in [5, 5.41) is 6.10. The van der Waals surface area contributed by atoms with Gasteiger partial charge in [-0.1, -0.05) is 19.6 Å². The fourth-order valence-corrected chi connectivity index (χ4v) is 2.64. The summed E-state index contributed by atoms with van der Waals surface area (Å²) in [6, 6.07) is 3.63. The zero-order valence-corrected chi connectivity index (χ0v) is 16.2. The Morgan fingerprint density at radius 2 is 2.12 bits per heavy atom. The SMILES string of the molecule is C=CCOc1c(Br)cc(CNC(C)C(=O)NCCC)cc1OCC. The van der Waals surface area contributed by atoms with Crippen molar-refractivity contribution in [1.82, 2.24) is 10.6 Å². The van der Waals surface area contributed by atoms with E-state index in [0.717, 1.165) is 16.5 Å². The van der Waals surface area contributed by atoms with Gasteiger partial charge in [0.15, 0.2) is 11.5 Å². The molecule has 0 saturated heterocycles. The second-order valence-electron chi connectivity index (χ2n) is 5.33. The quantitative estimate of drug-likeness (QED) is 0.560. The number of carbonyl (C=O) groups is 1. The predicted octanol–water partition coefficient (Wildman–Crippen LogP) is 3.42. The average molecular weight is 399 g/mol. The van der Waals surface area contributed by atoms with E-state index in [9.17, 15) is 4.79 Å². The Morgan fingerprint density at radius 3 is 2.75 bits per heavy atom. The van der Waals surface area contributed by atoms with Crippen LogP contribution in [0, 0.1) is 0 Å². The van der Waals surface area contributed by atoms with E-state index in [2.05, 4.69) is 33.1 Å². The second-order valence-corrected chi connectivity index (χ2v) is 6.19. The van der Waals surface area contributed by atoms with Gasteiger partial charge in [0, 0.05) is 13.1 Å². The van der Waals surface area contributed by atoms with Crippen molar-refractivity contribution in [3.63, 3.8) is 0 Å². The summed E-state index contributed by atoms with van der Waals surface area (Å²) in [6.07, 6.45) is 2.61. The molecule has 0 saturated carbocycles. The van der Waals surface area contributed by atoms with E-state index in [-0.39, 0.29) is 11.9 Å². The van der Waals surface area contributed by atoms with Gasteiger partial charge in [-0.2, -0.15) is 0 Å². The molecule has 1 amide bonds. The molecule has 134 valence electrons. The number of hydrogen-bond donors (Lipinski definition) is 2. The zero-order valence-electron chi connectivity index (χ0n) is 14.7. The Balaban J connectivity index is 2.77. The number of halogens is 1. The summed E-state index contributed by atoms with van der Waals surface area (Å²) >= 11 is 3.52. The van der Waals surface area contributed by atoms with Gasteiger partial charge in [0.25, 0.3) is 0 Å². The Hall–Kier alpha value is -1.53. The molecule has 1 aromatic carbocycles. The standard InChI is InChI=1S/C18H27BrN2O3/c1-5-8-20-18(22)13(4)21-12-14-10-15(19)17(24-9-6-2)16(11-14)23-7-3/h6,10-11,13,21H,2,5,7-9,12H2,1,3-4H3,(H,20,22). The molecule has 6 heteroatoms. The van der Waals surface area contributed by atoms with Crippen LogP contribution < -0.4 is 20.1 Å². The van der Waals surface area contributed by atoms with Crippen LogP contribution in [0.2, 0.25) is 0 Å². The molecule has 0 heterocycles. The van der Waals surface area contributed by atoms with Gasteiger partial charge in [0.05, 0.1) is 17.1 Å². The third kappa shape index (κ3) is 6.53. The van der Waals surface area contributed by atoms with Crippen molar-refractivity contribution in [3.05, 3.63) is 34.8 Å². The maximum atomic E-state index is 11.9. The minimum Gasteiger partial charge on any atom is -0.490 e. The molecule has 1 rings (SSSR count). The van der Waals surface area contributed by atoms with Crippen molar-refractivity contribution < 1.29 is 14.3 Å². The van der Waals surface area contributed by atoms with Gasteiger partial charge in [-0.3, -0.25) is 4.79 Å². The fraction of sp³-hybridized carbons (Fsp3) is 0.500. The van der Waals surface area contributed by atoms with Crippen LogP contribution >= 0.6 is 15.9 Å². The van der Waals surface area contributed by atoms with Gasteiger partial charge in [-0.15, -0.1) is 0 Å². The van der Waals surface area contributed by atoms with Crippen LogP contribution in [0.1, 0.15) is 32.8 Å². The number of amides is 1. The highest BCUT2D eigenvalue weighted by atomic mass is 79.9. The third-order valence-electron chi connectivity index (χ3n) is 3.27. The monoisotopic (exact) mass is 398 g/mol. The number of benzene rings is 1. The van der Waals surface area contributed by atoms with Crippen LogP contribution in [-0.4, -0.2) is 31.7 Å². The smallest absolute Gasteiger partial charge is 0.236 e. The number of carbonyl (C=O) groups excluding carboxylic acids is 1. The van der Waals surface area contributed by atoms with Crippen LogP contribution in [-0.2, 0) is 11.3 Å². The van der Waals surface area contributed by atoms with Crippen LogP contribution in [0.15, 0.2) is 29.3 Å². The van der Waals surface area contributed by atoms with Gasteiger partial charge < -0.3 is 20.1 Å². The first-order valence-corrected chi connectivity index (χ1v) is 9.02. The Labute approximate surface area is 152 Å². The molecule has 0 aromatic heterocycles. The van der Waals surface area contributed by atoms with Crippen molar-refractivity contribution in [2.45, 2.75) is 39.8 Å².